The molecule has 0 spiro atoms. The van der Waals surface area contributed by atoms with E-state index in [2.05, 4.69) is 20.9 Å². The molecule has 2 aromatic rings. The maximum Gasteiger partial charge on any atom is 0.313 e. The third-order valence-electron chi connectivity index (χ3n) is 3.88. The van der Waals surface area contributed by atoms with E-state index >= 15 is 0 Å². The predicted molar refractivity (Wildman–Crippen MR) is 96.4 cm³/mol. The van der Waals surface area contributed by atoms with Crippen molar-refractivity contribution in [2.24, 2.45) is 0 Å². The summed E-state index contributed by atoms with van der Waals surface area (Å²) in [5, 5.41) is 7.91. The number of anilines is 1. The Morgan fingerprint density at radius 2 is 1.85 bits per heavy atom. The average molecular weight is 352 g/mol. The van der Waals surface area contributed by atoms with Gasteiger partial charge in [0.1, 0.15) is 0 Å². The third-order valence-corrected chi connectivity index (χ3v) is 3.88. The van der Waals surface area contributed by atoms with Crippen LogP contribution in [0.4, 0.5) is 5.69 Å². The monoisotopic (exact) mass is 352 g/mol. The summed E-state index contributed by atoms with van der Waals surface area (Å²) in [6.07, 6.45) is 2.00. The molecule has 26 heavy (non-hydrogen) atoms. The van der Waals surface area contributed by atoms with Crippen molar-refractivity contribution in [1.29, 1.82) is 0 Å². The molecule has 3 N–H and O–H groups in total. The second-order valence-electron chi connectivity index (χ2n) is 6.24. The van der Waals surface area contributed by atoms with Crippen LogP contribution < -0.4 is 16.0 Å². The maximum atomic E-state index is 12.0. The highest BCUT2D eigenvalue weighted by atomic mass is 16.2. The first-order chi connectivity index (χ1) is 12.5. The molecule has 0 aliphatic heterocycles. The molecular weight excluding hydrogens is 332 g/mol. The minimum Gasteiger partial charge on any atom is -0.349 e. The Bertz CT molecular complexity index is 846. The first kappa shape index (κ1) is 17.6. The van der Waals surface area contributed by atoms with Gasteiger partial charge in [-0.25, -0.2) is 0 Å². The lowest BCUT2D eigenvalue weighted by atomic mass is 10.2. The van der Waals surface area contributed by atoms with Crippen LogP contribution in [0, 0.1) is 6.92 Å². The number of hydrogen-bond acceptors (Lipinski definition) is 4. The van der Waals surface area contributed by atoms with E-state index < -0.39 is 11.8 Å². The predicted octanol–water partition coefficient (Wildman–Crippen LogP) is 1.54. The van der Waals surface area contributed by atoms with Gasteiger partial charge in [-0.15, -0.1) is 0 Å². The average Bonchev–Trinajstić information content (AvgIpc) is 3.44. The highest BCUT2D eigenvalue weighted by Gasteiger charge is 2.24. The number of carbonyl (C=O) groups is 3. The molecule has 0 atom stereocenters. The Hall–Kier alpha value is -3.22. The minimum atomic E-state index is -0.794. The van der Waals surface area contributed by atoms with E-state index in [-0.39, 0.29) is 18.5 Å². The van der Waals surface area contributed by atoms with Gasteiger partial charge >= 0.3 is 11.8 Å². The van der Waals surface area contributed by atoms with Crippen molar-refractivity contribution < 1.29 is 14.4 Å². The van der Waals surface area contributed by atoms with Crippen molar-refractivity contribution in [3.05, 3.63) is 59.4 Å². The number of amides is 3. The lowest BCUT2D eigenvalue weighted by molar-refractivity contribution is -0.136. The minimum absolute atomic E-state index is 0.164. The van der Waals surface area contributed by atoms with Crippen LogP contribution in [0.5, 0.6) is 0 Å². The molecule has 0 unspecified atom stereocenters. The number of pyridine rings is 1. The van der Waals surface area contributed by atoms with Gasteiger partial charge in [0.2, 0.25) is 0 Å². The van der Waals surface area contributed by atoms with E-state index in [1.54, 1.807) is 30.3 Å². The number of rotatable bonds is 5. The van der Waals surface area contributed by atoms with E-state index in [4.69, 9.17) is 0 Å². The summed E-state index contributed by atoms with van der Waals surface area (Å²) in [6.45, 7) is 2.02. The van der Waals surface area contributed by atoms with Gasteiger partial charge in [0.15, 0.2) is 0 Å². The Morgan fingerprint density at radius 1 is 1.08 bits per heavy atom. The Kier molecular flexibility index (Phi) is 5.26. The number of carbonyl (C=O) groups excluding carboxylic acids is 3. The van der Waals surface area contributed by atoms with Crippen LogP contribution in [0.15, 0.2) is 42.5 Å². The van der Waals surface area contributed by atoms with Crippen molar-refractivity contribution in [1.82, 2.24) is 15.6 Å². The normalized spacial score (nSPS) is 13.0. The second kappa shape index (κ2) is 7.77. The summed E-state index contributed by atoms with van der Waals surface area (Å²) in [5.74, 6) is -1.74. The molecule has 3 rings (SSSR count). The molecule has 134 valence electrons. The zero-order valence-corrected chi connectivity index (χ0v) is 14.4. The van der Waals surface area contributed by atoms with Crippen molar-refractivity contribution in [3.8, 4) is 0 Å². The second-order valence-corrected chi connectivity index (χ2v) is 6.24. The number of nitrogens with zero attached hydrogens (tertiary/aromatic N) is 1. The van der Waals surface area contributed by atoms with Gasteiger partial charge in [-0.2, -0.15) is 0 Å². The van der Waals surface area contributed by atoms with Crippen LogP contribution in [0.2, 0.25) is 0 Å². The SMILES string of the molecule is Cc1cccc(CNC(=O)C(=O)Nc2cccc(C(=O)NC3CC3)c2)n1. The van der Waals surface area contributed by atoms with Gasteiger partial charge in [-0.1, -0.05) is 12.1 Å². The van der Waals surface area contributed by atoms with Crippen LogP contribution in [0.3, 0.4) is 0 Å². The summed E-state index contributed by atoms with van der Waals surface area (Å²) in [7, 11) is 0. The molecule has 0 bridgehead atoms. The van der Waals surface area contributed by atoms with Gasteiger partial charge in [0, 0.05) is 23.0 Å². The molecule has 3 amide bonds. The van der Waals surface area contributed by atoms with Crippen LogP contribution in [0.1, 0.15) is 34.6 Å². The van der Waals surface area contributed by atoms with E-state index in [1.165, 1.54) is 0 Å². The summed E-state index contributed by atoms with van der Waals surface area (Å²) in [4.78, 5) is 40.3. The van der Waals surface area contributed by atoms with Gasteiger partial charge < -0.3 is 16.0 Å². The van der Waals surface area contributed by atoms with E-state index in [1.807, 2.05) is 19.1 Å². The fourth-order valence-electron chi connectivity index (χ4n) is 2.37. The third kappa shape index (κ3) is 4.89. The molecule has 1 saturated carbocycles. The van der Waals surface area contributed by atoms with Gasteiger partial charge in [0.25, 0.3) is 5.91 Å². The van der Waals surface area contributed by atoms with Crippen molar-refractivity contribution in [2.75, 3.05) is 5.32 Å². The number of aryl methyl sites for hydroxylation is 1. The smallest absolute Gasteiger partial charge is 0.313 e. The molecular formula is C19H20N4O3. The molecule has 0 radical (unpaired) electrons. The van der Waals surface area contributed by atoms with Crippen molar-refractivity contribution in [2.45, 2.75) is 32.4 Å². The standard InChI is InChI=1S/C19H20N4O3/c1-12-4-2-7-16(21-12)11-20-18(25)19(26)23-15-6-3-5-13(10-15)17(24)22-14-8-9-14/h2-7,10,14H,8-9,11H2,1H3,(H,20,25)(H,22,24)(H,23,26). The molecule has 1 aromatic carbocycles. The Balaban J connectivity index is 1.55. The van der Waals surface area contributed by atoms with E-state index in [9.17, 15) is 14.4 Å². The first-order valence-corrected chi connectivity index (χ1v) is 8.44. The Labute approximate surface area is 151 Å². The number of benzene rings is 1. The zero-order valence-electron chi connectivity index (χ0n) is 14.4. The zero-order chi connectivity index (χ0) is 18.5. The van der Waals surface area contributed by atoms with Crippen LogP contribution >= 0.6 is 0 Å². The largest absolute Gasteiger partial charge is 0.349 e. The summed E-state index contributed by atoms with van der Waals surface area (Å²) >= 11 is 0. The first-order valence-electron chi connectivity index (χ1n) is 8.44. The lowest BCUT2D eigenvalue weighted by Gasteiger charge is -2.08. The fourth-order valence-corrected chi connectivity index (χ4v) is 2.37. The quantitative estimate of drug-likeness (QED) is 0.711. The molecule has 1 heterocycles. The lowest BCUT2D eigenvalue weighted by Crippen LogP contribution is -2.35. The molecule has 1 aliphatic rings. The molecule has 7 heteroatoms. The van der Waals surface area contributed by atoms with E-state index in [0.29, 0.717) is 16.9 Å². The van der Waals surface area contributed by atoms with Gasteiger partial charge in [-0.05, 0) is 50.1 Å². The molecule has 1 aliphatic carbocycles. The van der Waals surface area contributed by atoms with Crippen LogP contribution in [-0.2, 0) is 16.1 Å². The van der Waals surface area contributed by atoms with E-state index in [0.717, 1.165) is 18.5 Å². The van der Waals surface area contributed by atoms with Crippen molar-refractivity contribution in [3.63, 3.8) is 0 Å². The topological polar surface area (TPSA) is 100 Å². The maximum absolute atomic E-state index is 12.0. The number of hydrogen-bond donors (Lipinski definition) is 3. The van der Waals surface area contributed by atoms with Gasteiger partial charge in [0.05, 0.1) is 12.2 Å². The van der Waals surface area contributed by atoms with Crippen LogP contribution in [0.25, 0.3) is 0 Å². The Morgan fingerprint density at radius 3 is 2.58 bits per heavy atom. The number of nitrogens with one attached hydrogen (secondary N) is 3. The highest BCUT2D eigenvalue weighted by Crippen LogP contribution is 2.20. The molecule has 7 nitrogen and oxygen atoms in total. The summed E-state index contributed by atoms with van der Waals surface area (Å²) < 4.78 is 0. The molecule has 1 aromatic heterocycles. The summed E-state index contributed by atoms with van der Waals surface area (Å²) in [5.41, 5.74) is 2.34. The number of aromatic nitrogens is 1. The fraction of sp³-hybridized carbons (Fsp3) is 0.263. The highest BCUT2D eigenvalue weighted by molar-refractivity contribution is 6.39. The molecule has 1 fully saturated rings. The van der Waals surface area contributed by atoms with Crippen LogP contribution in [-0.4, -0.2) is 28.7 Å². The van der Waals surface area contributed by atoms with Gasteiger partial charge in [-0.3, -0.25) is 19.4 Å². The van der Waals surface area contributed by atoms with Crippen molar-refractivity contribution >= 4 is 23.4 Å². The summed E-state index contributed by atoms with van der Waals surface area (Å²) in [6, 6.07) is 12.2. The molecule has 0 saturated heterocycles.